The molecule has 0 saturated heterocycles. The van der Waals surface area contributed by atoms with Gasteiger partial charge in [0, 0.05) is 6.61 Å². The molecule has 4 aromatic rings. The van der Waals surface area contributed by atoms with Crippen LogP contribution >= 0.6 is 0 Å². The molecule has 2 heterocycles. The van der Waals surface area contributed by atoms with Crippen molar-refractivity contribution in [2.75, 3.05) is 13.2 Å². The number of ether oxygens (including phenoxy) is 1. The summed E-state index contributed by atoms with van der Waals surface area (Å²) >= 11 is 0. The minimum atomic E-state index is -0.273. The normalized spacial score (nSPS) is 10.9. The second kappa shape index (κ2) is 8.57. The zero-order valence-electron chi connectivity index (χ0n) is 15.6. The summed E-state index contributed by atoms with van der Waals surface area (Å²) in [5.74, 6) is 0.866. The summed E-state index contributed by atoms with van der Waals surface area (Å²) in [5.41, 5.74) is 3.02. The highest BCUT2D eigenvalue weighted by Crippen LogP contribution is 2.25. The molecule has 148 valence electrons. The van der Waals surface area contributed by atoms with Crippen molar-refractivity contribution in [1.82, 2.24) is 20.3 Å². The van der Waals surface area contributed by atoms with E-state index in [-0.39, 0.29) is 19.1 Å². The van der Waals surface area contributed by atoms with E-state index < -0.39 is 0 Å². The van der Waals surface area contributed by atoms with Crippen molar-refractivity contribution in [3.63, 3.8) is 0 Å². The molecule has 0 aliphatic heterocycles. The van der Waals surface area contributed by atoms with Gasteiger partial charge in [-0.15, -0.1) is 15.0 Å². The number of rotatable bonds is 8. The fourth-order valence-corrected chi connectivity index (χ4v) is 2.89. The number of aliphatic hydroxyl groups is 1. The minimum absolute atomic E-state index is 0.0311. The number of fused-ring (bicyclic) bond motifs is 1. The van der Waals surface area contributed by atoms with Crippen LogP contribution in [0.15, 0.2) is 65.3 Å². The zero-order valence-corrected chi connectivity index (χ0v) is 15.6. The van der Waals surface area contributed by atoms with E-state index in [0.717, 1.165) is 16.6 Å². The average molecular weight is 392 g/mol. The largest absolute Gasteiger partial charge is 0.481 e. The second-order valence-corrected chi connectivity index (χ2v) is 6.40. The number of benzene rings is 2. The van der Waals surface area contributed by atoms with Crippen molar-refractivity contribution in [3.05, 3.63) is 72.2 Å². The van der Waals surface area contributed by atoms with E-state index in [9.17, 15) is 9.90 Å². The number of aromatic nitrogens is 3. The minimum Gasteiger partial charge on any atom is -0.481 e. The molecular weight excluding hydrogens is 372 g/mol. The molecule has 0 unspecified atom stereocenters. The van der Waals surface area contributed by atoms with Gasteiger partial charge in [0.2, 0.25) is 0 Å². The molecule has 2 aromatic heterocycles. The summed E-state index contributed by atoms with van der Waals surface area (Å²) in [6.45, 7) is 0.167. The summed E-state index contributed by atoms with van der Waals surface area (Å²) in [6, 6.07) is 16.5. The number of carbonyl (C=O) groups is 1. The number of aliphatic hydroxyl groups excluding tert-OH is 1. The van der Waals surface area contributed by atoms with E-state index >= 15 is 0 Å². The first kappa shape index (κ1) is 18.7. The molecule has 0 saturated carbocycles. The van der Waals surface area contributed by atoms with Gasteiger partial charge in [0.05, 0.1) is 12.8 Å². The molecule has 0 bridgehead atoms. The molecular formula is C21H20N4O4. The maximum atomic E-state index is 12.1. The van der Waals surface area contributed by atoms with E-state index in [1.54, 1.807) is 24.5 Å². The molecule has 0 fully saturated rings. The Bertz CT molecular complexity index is 1070. The first-order valence-electron chi connectivity index (χ1n) is 9.21. The van der Waals surface area contributed by atoms with Gasteiger partial charge in [0.25, 0.3) is 5.91 Å². The van der Waals surface area contributed by atoms with Crippen LogP contribution < -0.4 is 10.1 Å². The smallest absolute Gasteiger partial charge is 0.258 e. The number of carbonyl (C=O) groups excluding carboxylic acids is 1. The zero-order chi connectivity index (χ0) is 20.1. The highest BCUT2D eigenvalue weighted by atomic mass is 16.5. The van der Waals surface area contributed by atoms with Crippen LogP contribution in [0.5, 0.6) is 5.75 Å². The first-order valence-corrected chi connectivity index (χ1v) is 9.21. The van der Waals surface area contributed by atoms with E-state index in [1.165, 1.54) is 4.80 Å². The van der Waals surface area contributed by atoms with Gasteiger partial charge < -0.3 is 19.6 Å². The third-order valence-corrected chi connectivity index (χ3v) is 4.32. The fraction of sp³-hybridized carbons (Fsp3) is 0.190. The summed E-state index contributed by atoms with van der Waals surface area (Å²) in [6.07, 6.45) is 2.05. The summed E-state index contributed by atoms with van der Waals surface area (Å²) in [7, 11) is 0. The van der Waals surface area contributed by atoms with Crippen LogP contribution in [0.4, 0.5) is 0 Å². The topological polar surface area (TPSA) is 102 Å². The third-order valence-electron chi connectivity index (χ3n) is 4.32. The Morgan fingerprint density at radius 1 is 1.10 bits per heavy atom. The number of amides is 1. The van der Waals surface area contributed by atoms with Crippen LogP contribution in [0.2, 0.25) is 0 Å². The quantitative estimate of drug-likeness (QED) is 0.477. The van der Waals surface area contributed by atoms with Crippen LogP contribution in [-0.2, 0) is 17.8 Å². The lowest BCUT2D eigenvalue weighted by Gasteiger charge is -2.12. The monoisotopic (exact) mass is 392 g/mol. The van der Waals surface area contributed by atoms with Crippen LogP contribution in [0.3, 0.4) is 0 Å². The molecule has 8 nitrogen and oxygen atoms in total. The van der Waals surface area contributed by atoms with Gasteiger partial charge in [-0.3, -0.25) is 4.79 Å². The van der Waals surface area contributed by atoms with Crippen molar-refractivity contribution in [2.24, 2.45) is 0 Å². The van der Waals surface area contributed by atoms with E-state index in [1.807, 2.05) is 36.4 Å². The van der Waals surface area contributed by atoms with Crippen LogP contribution in [-0.4, -0.2) is 39.2 Å². The summed E-state index contributed by atoms with van der Waals surface area (Å²) in [5, 5.41) is 21.0. The summed E-state index contributed by atoms with van der Waals surface area (Å²) in [4.78, 5) is 13.6. The predicted molar refractivity (Wildman–Crippen MR) is 106 cm³/mol. The highest BCUT2D eigenvalue weighted by molar-refractivity contribution is 5.77. The van der Waals surface area contributed by atoms with Gasteiger partial charge >= 0.3 is 0 Å². The molecule has 29 heavy (non-hydrogen) atoms. The van der Waals surface area contributed by atoms with Gasteiger partial charge in [-0.1, -0.05) is 18.2 Å². The Morgan fingerprint density at radius 2 is 1.90 bits per heavy atom. The lowest BCUT2D eigenvalue weighted by molar-refractivity contribution is -0.123. The van der Waals surface area contributed by atoms with E-state index in [0.29, 0.717) is 30.2 Å². The van der Waals surface area contributed by atoms with Gasteiger partial charge in [0.1, 0.15) is 28.2 Å². The molecule has 2 aromatic carbocycles. The molecule has 0 radical (unpaired) electrons. The molecule has 0 aliphatic rings. The van der Waals surface area contributed by atoms with Gasteiger partial charge in [-0.05, 0) is 48.4 Å². The SMILES string of the molecule is O=C(COc1ccc(CCO)cc1-n1nc2ccccc2n1)NCc1ccco1. The fourth-order valence-electron chi connectivity index (χ4n) is 2.89. The number of hydrogen-bond acceptors (Lipinski definition) is 6. The molecule has 4 rings (SSSR count). The molecule has 0 atom stereocenters. The molecule has 1 amide bonds. The Hall–Kier alpha value is -3.65. The van der Waals surface area contributed by atoms with Gasteiger partial charge in [-0.2, -0.15) is 0 Å². The van der Waals surface area contributed by atoms with Crippen molar-refractivity contribution < 1.29 is 19.1 Å². The Kier molecular flexibility index (Phi) is 5.53. The maximum Gasteiger partial charge on any atom is 0.258 e. The Balaban J connectivity index is 1.53. The van der Waals surface area contributed by atoms with Crippen LogP contribution in [0.1, 0.15) is 11.3 Å². The van der Waals surface area contributed by atoms with Crippen molar-refractivity contribution in [2.45, 2.75) is 13.0 Å². The maximum absolute atomic E-state index is 12.1. The molecule has 0 spiro atoms. The van der Waals surface area contributed by atoms with E-state index in [2.05, 4.69) is 15.5 Å². The predicted octanol–water partition coefficient (Wildman–Crippen LogP) is 2.24. The summed E-state index contributed by atoms with van der Waals surface area (Å²) < 4.78 is 10.9. The van der Waals surface area contributed by atoms with Crippen molar-refractivity contribution in [1.29, 1.82) is 0 Å². The number of hydrogen-bond donors (Lipinski definition) is 2. The second-order valence-electron chi connectivity index (χ2n) is 6.40. The number of nitrogens with zero attached hydrogens (tertiary/aromatic N) is 3. The van der Waals surface area contributed by atoms with E-state index in [4.69, 9.17) is 9.15 Å². The lowest BCUT2D eigenvalue weighted by atomic mass is 10.1. The molecule has 8 heteroatoms. The Labute approximate surface area is 166 Å². The van der Waals surface area contributed by atoms with Crippen molar-refractivity contribution >= 4 is 16.9 Å². The average Bonchev–Trinajstić information content (AvgIpc) is 3.41. The number of furan rings is 1. The van der Waals surface area contributed by atoms with Gasteiger partial charge in [-0.25, -0.2) is 0 Å². The molecule has 2 N–H and O–H groups in total. The van der Waals surface area contributed by atoms with Gasteiger partial charge in [0.15, 0.2) is 6.61 Å². The van der Waals surface area contributed by atoms with Crippen molar-refractivity contribution in [3.8, 4) is 11.4 Å². The molecule has 0 aliphatic carbocycles. The standard InChI is InChI=1S/C21H20N4O4/c26-10-9-15-7-8-20(29-14-21(27)22-13-16-4-3-11-28-16)19(12-15)25-23-17-5-1-2-6-18(17)24-25/h1-8,11-12,26H,9-10,13-14H2,(H,22,27). The highest BCUT2D eigenvalue weighted by Gasteiger charge is 2.13. The Morgan fingerprint density at radius 3 is 2.59 bits per heavy atom. The lowest BCUT2D eigenvalue weighted by Crippen LogP contribution is -2.28. The third kappa shape index (κ3) is 4.44. The number of nitrogens with one attached hydrogen (secondary N) is 1. The first-order chi connectivity index (χ1) is 14.2. The van der Waals surface area contributed by atoms with Crippen LogP contribution in [0.25, 0.3) is 16.7 Å². The van der Waals surface area contributed by atoms with Crippen LogP contribution in [0, 0.1) is 0 Å².